The fourth-order valence-corrected chi connectivity index (χ4v) is 1.49. The van der Waals surface area contributed by atoms with Gasteiger partial charge in [0.25, 0.3) is 5.91 Å². The van der Waals surface area contributed by atoms with Crippen molar-refractivity contribution in [2.75, 3.05) is 0 Å². The van der Waals surface area contributed by atoms with Gasteiger partial charge in [-0.2, -0.15) is 0 Å². The van der Waals surface area contributed by atoms with Gasteiger partial charge in [-0.1, -0.05) is 30.3 Å². The lowest BCUT2D eigenvalue weighted by Crippen LogP contribution is -2.41. The van der Waals surface area contributed by atoms with Gasteiger partial charge in [-0.05, 0) is 5.56 Å². The highest BCUT2D eigenvalue weighted by atomic mass is 16.4. The van der Waals surface area contributed by atoms with Crippen LogP contribution in [0.1, 0.15) is 18.4 Å². The van der Waals surface area contributed by atoms with Gasteiger partial charge < -0.3 is 10.4 Å². The van der Waals surface area contributed by atoms with E-state index in [2.05, 4.69) is 10.7 Å². The smallest absolute Gasteiger partial charge is 0.328 e. The molecule has 0 atom stereocenters. The van der Waals surface area contributed by atoms with Gasteiger partial charge in [0.15, 0.2) is 0 Å². The molecule has 0 aliphatic rings. The molecule has 0 fully saturated rings. The van der Waals surface area contributed by atoms with Gasteiger partial charge in [-0.25, -0.2) is 4.79 Å². The molecule has 4 N–H and O–H groups in total. The van der Waals surface area contributed by atoms with E-state index in [4.69, 9.17) is 5.11 Å². The predicted octanol–water partition coefficient (Wildman–Crippen LogP) is -0.129. The second-order valence-corrected chi connectivity index (χ2v) is 4.47. The molecule has 0 aromatic heterocycles. The fourth-order valence-electron chi connectivity index (χ4n) is 1.49. The molecule has 1 rings (SSSR count). The van der Waals surface area contributed by atoms with E-state index in [9.17, 15) is 19.2 Å². The summed E-state index contributed by atoms with van der Waals surface area (Å²) in [5.74, 6) is -2.91. The van der Waals surface area contributed by atoms with Crippen molar-refractivity contribution in [1.82, 2.24) is 16.2 Å². The van der Waals surface area contributed by atoms with E-state index < -0.39 is 17.8 Å². The zero-order valence-corrected chi connectivity index (χ0v) is 12.2. The third-order valence-electron chi connectivity index (χ3n) is 2.61. The van der Waals surface area contributed by atoms with Gasteiger partial charge in [0.05, 0.1) is 0 Å². The number of carbonyl (C=O) groups is 4. The van der Waals surface area contributed by atoms with Crippen molar-refractivity contribution in [2.24, 2.45) is 0 Å². The number of nitrogens with one attached hydrogen (secondary N) is 3. The summed E-state index contributed by atoms with van der Waals surface area (Å²) in [7, 11) is 0. The van der Waals surface area contributed by atoms with Crippen molar-refractivity contribution >= 4 is 23.7 Å². The maximum absolute atomic E-state index is 11.6. The number of amides is 3. The molecule has 122 valence electrons. The topological polar surface area (TPSA) is 125 Å². The molecule has 1 aromatic rings. The fraction of sp³-hybridized carbons (Fsp3) is 0.200. The standard InChI is InChI=1S/C15H17N3O5/c19-12(16-10-11-4-2-1-3-5-11)6-7-13(20)17-18-14(21)8-9-15(22)23/h1-5,8-9H,6-7,10H2,(H,16,19)(H,17,20)(H,18,21)(H,22,23). The molecule has 3 amide bonds. The van der Waals surface area contributed by atoms with E-state index >= 15 is 0 Å². The Kier molecular flexibility index (Phi) is 7.56. The third-order valence-corrected chi connectivity index (χ3v) is 2.61. The number of benzene rings is 1. The molecule has 0 spiro atoms. The Bertz CT molecular complexity index is 598. The van der Waals surface area contributed by atoms with Crippen LogP contribution in [0, 0.1) is 0 Å². The summed E-state index contributed by atoms with van der Waals surface area (Å²) in [6.07, 6.45) is 1.26. The Morgan fingerprint density at radius 1 is 0.913 bits per heavy atom. The summed E-state index contributed by atoms with van der Waals surface area (Å²) in [5.41, 5.74) is 5.02. The normalized spacial score (nSPS) is 10.1. The Hall–Kier alpha value is -3.16. The first-order valence-corrected chi connectivity index (χ1v) is 6.78. The van der Waals surface area contributed by atoms with Crippen molar-refractivity contribution in [1.29, 1.82) is 0 Å². The van der Waals surface area contributed by atoms with Crippen LogP contribution in [0.15, 0.2) is 42.5 Å². The van der Waals surface area contributed by atoms with E-state index in [1.54, 1.807) is 0 Å². The van der Waals surface area contributed by atoms with Crippen molar-refractivity contribution in [3.8, 4) is 0 Å². The molecule has 0 bridgehead atoms. The van der Waals surface area contributed by atoms with Crippen LogP contribution in [0.2, 0.25) is 0 Å². The highest BCUT2D eigenvalue weighted by Crippen LogP contribution is 1.98. The SMILES string of the molecule is O=C(O)C=CC(=O)NNC(=O)CCC(=O)NCc1ccccc1. The number of hydrogen-bond acceptors (Lipinski definition) is 4. The number of rotatable bonds is 7. The number of hydrogen-bond donors (Lipinski definition) is 4. The molecular formula is C15H17N3O5. The Morgan fingerprint density at radius 2 is 1.57 bits per heavy atom. The van der Waals surface area contributed by atoms with Crippen molar-refractivity contribution in [3.63, 3.8) is 0 Å². The van der Waals surface area contributed by atoms with E-state index in [0.29, 0.717) is 12.6 Å². The van der Waals surface area contributed by atoms with Crippen molar-refractivity contribution in [2.45, 2.75) is 19.4 Å². The highest BCUT2D eigenvalue weighted by molar-refractivity contribution is 5.95. The van der Waals surface area contributed by atoms with Crippen molar-refractivity contribution < 1.29 is 24.3 Å². The maximum Gasteiger partial charge on any atom is 0.328 e. The molecule has 23 heavy (non-hydrogen) atoms. The summed E-state index contributed by atoms with van der Waals surface area (Å²) >= 11 is 0. The second-order valence-electron chi connectivity index (χ2n) is 4.47. The molecule has 8 nitrogen and oxygen atoms in total. The molecule has 0 radical (unpaired) electrons. The minimum atomic E-state index is -1.28. The summed E-state index contributed by atoms with van der Waals surface area (Å²) < 4.78 is 0. The van der Waals surface area contributed by atoms with Gasteiger partial charge in [-0.3, -0.25) is 25.2 Å². The molecule has 8 heteroatoms. The van der Waals surface area contributed by atoms with Crippen LogP contribution >= 0.6 is 0 Å². The summed E-state index contributed by atoms with van der Waals surface area (Å²) in [6.45, 7) is 0.373. The number of carboxylic acids is 1. The quantitative estimate of drug-likeness (QED) is 0.412. The molecular weight excluding hydrogens is 302 g/mol. The van der Waals surface area contributed by atoms with Crippen LogP contribution < -0.4 is 16.2 Å². The summed E-state index contributed by atoms with van der Waals surface area (Å²) in [4.78, 5) is 44.3. The van der Waals surface area contributed by atoms with Gasteiger partial charge in [-0.15, -0.1) is 0 Å². The van der Waals surface area contributed by atoms with E-state index in [0.717, 1.165) is 11.6 Å². The second kappa shape index (κ2) is 9.72. The Morgan fingerprint density at radius 3 is 2.22 bits per heavy atom. The van der Waals surface area contributed by atoms with Gasteiger partial charge in [0.2, 0.25) is 11.8 Å². The lowest BCUT2D eigenvalue weighted by Gasteiger charge is -2.06. The third kappa shape index (κ3) is 8.66. The van der Waals surface area contributed by atoms with E-state index in [1.807, 2.05) is 35.8 Å². The lowest BCUT2D eigenvalue weighted by atomic mass is 10.2. The van der Waals surface area contributed by atoms with Gasteiger partial charge >= 0.3 is 5.97 Å². The molecule has 0 heterocycles. The molecule has 0 saturated heterocycles. The number of carboxylic acid groups (broad SMARTS) is 1. The Labute approximate surface area is 132 Å². The molecule has 1 aromatic carbocycles. The monoisotopic (exact) mass is 319 g/mol. The first-order valence-electron chi connectivity index (χ1n) is 6.78. The van der Waals surface area contributed by atoms with Crippen LogP contribution in [-0.4, -0.2) is 28.8 Å². The van der Waals surface area contributed by atoms with Crippen LogP contribution in [-0.2, 0) is 25.7 Å². The summed E-state index contributed by atoms with van der Waals surface area (Å²) in [6, 6.07) is 9.32. The average Bonchev–Trinajstić information content (AvgIpc) is 2.55. The Balaban J connectivity index is 2.18. The average molecular weight is 319 g/mol. The van der Waals surface area contributed by atoms with Crippen LogP contribution in [0.5, 0.6) is 0 Å². The van der Waals surface area contributed by atoms with Crippen LogP contribution in [0.3, 0.4) is 0 Å². The zero-order chi connectivity index (χ0) is 17.1. The number of hydrazine groups is 1. The highest BCUT2D eigenvalue weighted by Gasteiger charge is 2.07. The number of aliphatic carboxylic acids is 1. The largest absolute Gasteiger partial charge is 0.478 e. The van der Waals surface area contributed by atoms with Crippen molar-refractivity contribution in [3.05, 3.63) is 48.0 Å². The molecule has 0 aliphatic heterocycles. The van der Waals surface area contributed by atoms with Crippen LogP contribution in [0.25, 0.3) is 0 Å². The van der Waals surface area contributed by atoms with Gasteiger partial charge in [0, 0.05) is 31.5 Å². The van der Waals surface area contributed by atoms with Crippen LogP contribution in [0.4, 0.5) is 0 Å². The first-order chi connectivity index (χ1) is 11.0. The lowest BCUT2D eigenvalue weighted by molar-refractivity contribution is -0.132. The zero-order valence-electron chi connectivity index (χ0n) is 12.2. The minimum Gasteiger partial charge on any atom is -0.478 e. The molecule has 0 unspecified atom stereocenters. The minimum absolute atomic E-state index is 0.0283. The van der Waals surface area contributed by atoms with Gasteiger partial charge in [0.1, 0.15) is 0 Å². The summed E-state index contributed by atoms with van der Waals surface area (Å²) in [5, 5.41) is 11.0. The maximum atomic E-state index is 11.6. The molecule has 0 saturated carbocycles. The van der Waals surface area contributed by atoms with E-state index in [1.165, 1.54) is 0 Å². The first kappa shape index (κ1) is 17.9. The van der Waals surface area contributed by atoms with E-state index in [-0.39, 0.29) is 18.7 Å². The predicted molar refractivity (Wildman–Crippen MR) is 80.6 cm³/mol. The molecule has 0 aliphatic carbocycles. The number of carbonyl (C=O) groups excluding carboxylic acids is 3.